The number of amides is 1. The molecule has 0 saturated heterocycles. The van der Waals surface area contributed by atoms with Gasteiger partial charge in [0.1, 0.15) is 0 Å². The molecule has 0 fully saturated rings. The number of aromatic nitrogens is 1. The zero-order valence-electron chi connectivity index (χ0n) is 10.5. The van der Waals surface area contributed by atoms with Gasteiger partial charge in [0, 0.05) is 18.3 Å². The van der Waals surface area contributed by atoms with Gasteiger partial charge in [-0.2, -0.15) is 0 Å². The van der Waals surface area contributed by atoms with Gasteiger partial charge in [-0.05, 0) is 24.3 Å². The fourth-order valence-electron chi connectivity index (χ4n) is 1.57. The largest absolute Gasteiger partial charge is 0.325 e. The van der Waals surface area contributed by atoms with Crippen molar-refractivity contribution >= 4 is 15.9 Å². The summed E-state index contributed by atoms with van der Waals surface area (Å²) in [7, 11) is -3.88. The molecule has 20 heavy (non-hydrogen) atoms. The van der Waals surface area contributed by atoms with Gasteiger partial charge in [0.05, 0.1) is 10.6 Å². The van der Waals surface area contributed by atoms with Crippen molar-refractivity contribution in [2.45, 2.75) is 11.4 Å². The topological polar surface area (TPSA) is 102 Å². The molecule has 0 saturated carbocycles. The first-order valence-corrected chi connectivity index (χ1v) is 7.28. The number of benzene rings is 1. The third kappa shape index (κ3) is 3.19. The summed E-state index contributed by atoms with van der Waals surface area (Å²) < 4.78 is 26.0. The summed E-state index contributed by atoms with van der Waals surface area (Å²) in [5.41, 5.74) is 6.13. The highest BCUT2D eigenvalue weighted by Crippen LogP contribution is 2.09. The fourth-order valence-corrected chi connectivity index (χ4v) is 2.57. The van der Waals surface area contributed by atoms with E-state index in [0.29, 0.717) is 5.69 Å². The van der Waals surface area contributed by atoms with Crippen molar-refractivity contribution in [3.05, 3.63) is 59.9 Å². The van der Waals surface area contributed by atoms with E-state index in [9.17, 15) is 13.2 Å². The number of nitrogens with two attached hydrogens (primary N) is 1. The van der Waals surface area contributed by atoms with Crippen LogP contribution >= 0.6 is 0 Å². The lowest BCUT2D eigenvalue weighted by molar-refractivity contribution is 0.0981. The number of hydrogen-bond acceptors (Lipinski definition) is 5. The molecule has 1 amide bonds. The van der Waals surface area contributed by atoms with Gasteiger partial charge in [0.2, 0.25) is 0 Å². The molecule has 2 aromatic rings. The average Bonchev–Trinajstić information content (AvgIpc) is 2.48. The molecule has 0 aliphatic carbocycles. The smallest absolute Gasteiger partial charge is 0.265 e. The summed E-state index contributed by atoms with van der Waals surface area (Å²) in [6, 6.07) is 10.6. The number of sulfonamides is 1. The van der Waals surface area contributed by atoms with Crippen LogP contribution in [0.5, 0.6) is 0 Å². The maximum Gasteiger partial charge on any atom is 0.265 e. The van der Waals surface area contributed by atoms with E-state index in [2.05, 4.69) is 4.98 Å². The molecule has 0 aliphatic rings. The minimum Gasteiger partial charge on any atom is -0.325 e. The third-order valence-corrected chi connectivity index (χ3v) is 3.92. The molecule has 0 atom stereocenters. The lowest BCUT2D eigenvalue weighted by Crippen LogP contribution is -2.30. The molecular formula is C13H13N3O3S. The highest BCUT2D eigenvalue weighted by atomic mass is 32.2. The second kappa shape index (κ2) is 5.81. The van der Waals surface area contributed by atoms with Crippen LogP contribution in [0.15, 0.2) is 53.6 Å². The lowest BCUT2D eigenvalue weighted by Gasteiger charge is -2.07. The standard InChI is InChI=1S/C13H13N3O3S/c14-9-11-8-10(6-7-15-11)13(17)16-20(18,19)12-4-2-1-3-5-12/h1-8H,9,14H2,(H,16,17). The minimum atomic E-state index is -3.88. The number of nitrogens with zero attached hydrogens (tertiary/aromatic N) is 1. The van der Waals surface area contributed by atoms with E-state index >= 15 is 0 Å². The van der Waals surface area contributed by atoms with E-state index in [1.807, 2.05) is 4.72 Å². The second-order valence-electron chi connectivity index (χ2n) is 3.99. The van der Waals surface area contributed by atoms with Crippen LogP contribution in [0.2, 0.25) is 0 Å². The highest BCUT2D eigenvalue weighted by Gasteiger charge is 2.18. The molecule has 0 spiro atoms. The number of nitrogens with one attached hydrogen (secondary N) is 1. The molecule has 0 bridgehead atoms. The summed E-state index contributed by atoms with van der Waals surface area (Å²) in [4.78, 5) is 15.9. The first-order valence-electron chi connectivity index (χ1n) is 5.80. The predicted octanol–water partition coefficient (Wildman–Crippen LogP) is 0.659. The van der Waals surface area contributed by atoms with Crippen molar-refractivity contribution in [3.8, 4) is 0 Å². The first kappa shape index (κ1) is 14.2. The van der Waals surface area contributed by atoms with E-state index in [1.54, 1.807) is 18.2 Å². The van der Waals surface area contributed by atoms with Gasteiger partial charge in [-0.15, -0.1) is 0 Å². The van der Waals surface area contributed by atoms with Gasteiger partial charge in [0.25, 0.3) is 15.9 Å². The SMILES string of the molecule is NCc1cc(C(=O)NS(=O)(=O)c2ccccc2)ccn1. The molecule has 1 aromatic carbocycles. The third-order valence-electron chi connectivity index (χ3n) is 2.57. The van der Waals surface area contributed by atoms with Crippen LogP contribution in [0.25, 0.3) is 0 Å². The van der Waals surface area contributed by atoms with Crippen molar-refractivity contribution in [1.82, 2.24) is 9.71 Å². The number of pyridine rings is 1. The zero-order valence-corrected chi connectivity index (χ0v) is 11.3. The summed E-state index contributed by atoms with van der Waals surface area (Å²) in [5.74, 6) is -0.717. The van der Waals surface area contributed by atoms with E-state index in [-0.39, 0.29) is 17.0 Å². The first-order chi connectivity index (χ1) is 9.53. The summed E-state index contributed by atoms with van der Waals surface area (Å²) in [6.45, 7) is 0.173. The maximum absolute atomic E-state index is 12.0. The number of hydrogen-bond donors (Lipinski definition) is 2. The number of carbonyl (C=O) groups is 1. The van der Waals surface area contributed by atoms with Crippen LogP contribution in [-0.4, -0.2) is 19.3 Å². The molecule has 0 aliphatic heterocycles. The van der Waals surface area contributed by atoms with Crippen LogP contribution in [0.1, 0.15) is 16.1 Å². The minimum absolute atomic E-state index is 0.0291. The van der Waals surface area contributed by atoms with Crippen molar-refractivity contribution in [3.63, 3.8) is 0 Å². The van der Waals surface area contributed by atoms with Crippen LogP contribution in [0.4, 0.5) is 0 Å². The van der Waals surface area contributed by atoms with E-state index < -0.39 is 15.9 Å². The van der Waals surface area contributed by atoms with Crippen molar-refractivity contribution in [2.75, 3.05) is 0 Å². The van der Waals surface area contributed by atoms with Gasteiger partial charge >= 0.3 is 0 Å². The zero-order chi connectivity index (χ0) is 14.6. The molecule has 3 N–H and O–H groups in total. The normalized spacial score (nSPS) is 11.1. The maximum atomic E-state index is 12.0. The molecular weight excluding hydrogens is 278 g/mol. The molecule has 0 unspecified atom stereocenters. The van der Waals surface area contributed by atoms with Crippen LogP contribution < -0.4 is 10.5 Å². The van der Waals surface area contributed by atoms with Crippen LogP contribution in [-0.2, 0) is 16.6 Å². The molecule has 1 heterocycles. The average molecular weight is 291 g/mol. The number of carbonyl (C=O) groups excluding carboxylic acids is 1. The Morgan fingerprint density at radius 1 is 1.20 bits per heavy atom. The van der Waals surface area contributed by atoms with Gasteiger partial charge < -0.3 is 5.73 Å². The molecule has 6 nitrogen and oxygen atoms in total. The van der Waals surface area contributed by atoms with Crippen LogP contribution in [0, 0.1) is 0 Å². The molecule has 1 aromatic heterocycles. The van der Waals surface area contributed by atoms with Gasteiger partial charge in [-0.3, -0.25) is 9.78 Å². The Kier molecular flexibility index (Phi) is 4.11. The molecule has 7 heteroatoms. The fraction of sp³-hybridized carbons (Fsp3) is 0.0769. The predicted molar refractivity (Wildman–Crippen MR) is 73.2 cm³/mol. The molecule has 104 valence electrons. The quantitative estimate of drug-likeness (QED) is 0.861. The Labute approximate surface area is 116 Å². The Morgan fingerprint density at radius 2 is 1.90 bits per heavy atom. The lowest BCUT2D eigenvalue weighted by atomic mass is 10.2. The van der Waals surface area contributed by atoms with Crippen molar-refractivity contribution in [1.29, 1.82) is 0 Å². The molecule has 2 rings (SSSR count). The van der Waals surface area contributed by atoms with E-state index in [4.69, 9.17) is 5.73 Å². The monoisotopic (exact) mass is 291 g/mol. The van der Waals surface area contributed by atoms with Gasteiger partial charge in [0.15, 0.2) is 0 Å². The molecule has 0 radical (unpaired) electrons. The summed E-state index contributed by atoms with van der Waals surface area (Å²) in [5, 5.41) is 0. The summed E-state index contributed by atoms with van der Waals surface area (Å²) >= 11 is 0. The Morgan fingerprint density at radius 3 is 2.55 bits per heavy atom. The van der Waals surface area contributed by atoms with Gasteiger partial charge in [-0.1, -0.05) is 18.2 Å². The Hall–Kier alpha value is -2.25. The Bertz CT molecular complexity index is 715. The summed E-state index contributed by atoms with van der Waals surface area (Å²) in [6.07, 6.45) is 1.41. The van der Waals surface area contributed by atoms with Gasteiger partial charge in [-0.25, -0.2) is 13.1 Å². The number of rotatable bonds is 4. The second-order valence-corrected chi connectivity index (χ2v) is 5.67. The highest BCUT2D eigenvalue weighted by molar-refractivity contribution is 7.90. The van der Waals surface area contributed by atoms with Crippen LogP contribution in [0.3, 0.4) is 0 Å². The van der Waals surface area contributed by atoms with Crippen molar-refractivity contribution in [2.24, 2.45) is 5.73 Å². The van der Waals surface area contributed by atoms with E-state index in [1.165, 1.54) is 30.5 Å². The Balaban J connectivity index is 2.23. The van der Waals surface area contributed by atoms with E-state index in [0.717, 1.165) is 0 Å². The van der Waals surface area contributed by atoms with Crippen molar-refractivity contribution < 1.29 is 13.2 Å².